The molecule has 3 nitrogen and oxygen atoms in total. The molecule has 28 heavy (non-hydrogen) atoms. The molecule has 0 unspecified atom stereocenters. The maximum atomic E-state index is 6.37. The van der Waals surface area contributed by atoms with Crippen LogP contribution in [0.1, 0.15) is 11.1 Å². The SMILES string of the molecule is Cc1cccc(-c2nc(-c3c[nH]c4ccccc34)oc2-c2cccc(C)c2)c1. The van der Waals surface area contributed by atoms with Gasteiger partial charge in [0.2, 0.25) is 5.89 Å². The van der Waals surface area contributed by atoms with Crippen LogP contribution in [-0.4, -0.2) is 9.97 Å². The highest BCUT2D eigenvalue weighted by Gasteiger charge is 2.20. The molecule has 0 amide bonds. The van der Waals surface area contributed by atoms with Crippen LogP contribution < -0.4 is 0 Å². The number of hydrogen-bond acceptors (Lipinski definition) is 2. The molecular formula is C25H20N2O. The van der Waals surface area contributed by atoms with E-state index in [1.807, 2.05) is 18.3 Å². The first-order valence-corrected chi connectivity index (χ1v) is 9.40. The molecule has 0 aliphatic heterocycles. The first-order valence-electron chi connectivity index (χ1n) is 9.40. The van der Waals surface area contributed by atoms with E-state index in [9.17, 15) is 0 Å². The predicted octanol–water partition coefficient (Wildman–Crippen LogP) is 6.77. The molecule has 0 atom stereocenters. The monoisotopic (exact) mass is 364 g/mol. The van der Waals surface area contributed by atoms with E-state index in [0.717, 1.165) is 39.0 Å². The number of fused-ring (bicyclic) bond motifs is 1. The zero-order valence-electron chi connectivity index (χ0n) is 15.9. The summed E-state index contributed by atoms with van der Waals surface area (Å²) in [5.41, 5.74) is 7.41. The van der Waals surface area contributed by atoms with Gasteiger partial charge < -0.3 is 9.40 Å². The number of rotatable bonds is 3. The summed E-state index contributed by atoms with van der Waals surface area (Å²) < 4.78 is 6.37. The Morgan fingerprint density at radius 3 is 2.29 bits per heavy atom. The van der Waals surface area contributed by atoms with E-state index >= 15 is 0 Å². The lowest BCUT2D eigenvalue weighted by Crippen LogP contribution is -1.84. The van der Waals surface area contributed by atoms with Crippen molar-refractivity contribution in [1.29, 1.82) is 0 Å². The smallest absolute Gasteiger partial charge is 0.229 e. The lowest BCUT2D eigenvalue weighted by Gasteiger charge is -2.03. The van der Waals surface area contributed by atoms with Gasteiger partial charge in [-0.3, -0.25) is 0 Å². The van der Waals surface area contributed by atoms with Gasteiger partial charge in [0.25, 0.3) is 0 Å². The Morgan fingerprint density at radius 1 is 0.786 bits per heavy atom. The third-order valence-electron chi connectivity index (χ3n) is 5.02. The van der Waals surface area contributed by atoms with Crippen LogP contribution in [0.4, 0.5) is 0 Å². The molecular weight excluding hydrogens is 344 g/mol. The summed E-state index contributed by atoms with van der Waals surface area (Å²) in [5.74, 6) is 1.43. The van der Waals surface area contributed by atoms with Crippen molar-refractivity contribution in [3.63, 3.8) is 0 Å². The Bertz CT molecular complexity index is 1230. The number of aryl methyl sites for hydroxylation is 2. The Kier molecular flexibility index (Phi) is 3.87. The molecule has 0 aliphatic rings. The lowest BCUT2D eigenvalue weighted by atomic mass is 10.0. The van der Waals surface area contributed by atoms with Crippen molar-refractivity contribution in [2.24, 2.45) is 0 Å². The standard InChI is InChI=1S/C25H20N2O/c1-16-7-5-9-18(13-16)23-24(19-10-6-8-17(2)14-19)28-25(27-23)21-15-26-22-12-4-3-11-20(21)22/h3-15,26H,1-2H3. The number of aromatic nitrogens is 2. The largest absolute Gasteiger partial charge is 0.435 e. The van der Waals surface area contributed by atoms with Crippen molar-refractivity contribution >= 4 is 10.9 Å². The van der Waals surface area contributed by atoms with E-state index in [1.165, 1.54) is 11.1 Å². The van der Waals surface area contributed by atoms with Crippen LogP contribution in [0.3, 0.4) is 0 Å². The summed E-state index contributed by atoms with van der Waals surface area (Å²) in [6, 6.07) is 24.9. The minimum absolute atomic E-state index is 0.630. The van der Waals surface area contributed by atoms with Crippen LogP contribution in [-0.2, 0) is 0 Å². The van der Waals surface area contributed by atoms with Crippen LogP contribution in [0.2, 0.25) is 0 Å². The number of aromatic amines is 1. The minimum Gasteiger partial charge on any atom is -0.435 e. The molecule has 0 fully saturated rings. The van der Waals surface area contributed by atoms with Crippen LogP contribution in [0.25, 0.3) is 44.9 Å². The van der Waals surface area contributed by atoms with Crippen molar-refractivity contribution in [1.82, 2.24) is 9.97 Å². The highest BCUT2D eigenvalue weighted by molar-refractivity contribution is 5.94. The van der Waals surface area contributed by atoms with Gasteiger partial charge in [-0.1, -0.05) is 65.7 Å². The molecule has 2 aromatic heterocycles. The minimum atomic E-state index is 0.630. The van der Waals surface area contributed by atoms with E-state index in [4.69, 9.17) is 9.40 Å². The molecule has 136 valence electrons. The Morgan fingerprint density at radius 2 is 1.50 bits per heavy atom. The van der Waals surface area contributed by atoms with Crippen LogP contribution in [0.5, 0.6) is 0 Å². The van der Waals surface area contributed by atoms with E-state index in [1.54, 1.807) is 0 Å². The van der Waals surface area contributed by atoms with Gasteiger partial charge in [0, 0.05) is 28.2 Å². The van der Waals surface area contributed by atoms with Gasteiger partial charge in [-0.15, -0.1) is 0 Å². The molecule has 1 N–H and O–H groups in total. The number of hydrogen-bond donors (Lipinski definition) is 1. The molecule has 3 aromatic carbocycles. The third-order valence-corrected chi connectivity index (χ3v) is 5.02. The summed E-state index contributed by atoms with van der Waals surface area (Å²) in [7, 11) is 0. The summed E-state index contributed by atoms with van der Waals surface area (Å²) in [4.78, 5) is 8.25. The predicted molar refractivity (Wildman–Crippen MR) is 114 cm³/mol. The average Bonchev–Trinajstić information content (AvgIpc) is 3.32. The Labute approximate surface area is 163 Å². The molecule has 0 aliphatic carbocycles. The van der Waals surface area contributed by atoms with E-state index in [0.29, 0.717) is 5.89 Å². The van der Waals surface area contributed by atoms with Gasteiger partial charge in [0.05, 0.1) is 5.56 Å². The van der Waals surface area contributed by atoms with Gasteiger partial charge >= 0.3 is 0 Å². The van der Waals surface area contributed by atoms with Gasteiger partial charge in [0.1, 0.15) is 5.69 Å². The summed E-state index contributed by atoms with van der Waals surface area (Å²) in [5, 5.41) is 1.11. The number of nitrogens with one attached hydrogen (secondary N) is 1. The third kappa shape index (κ3) is 2.81. The second kappa shape index (κ2) is 6.54. The van der Waals surface area contributed by atoms with Gasteiger partial charge in [-0.25, -0.2) is 4.98 Å². The Balaban J connectivity index is 1.75. The molecule has 0 bridgehead atoms. The Hall–Kier alpha value is -3.59. The quantitative estimate of drug-likeness (QED) is 0.384. The molecule has 0 spiro atoms. The maximum absolute atomic E-state index is 6.37. The first-order chi connectivity index (χ1) is 13.7. The zero-order valence-corrected chi connectivity index (χ0v) is 15.9. The normalized spacial score (nSPS) is 11.2. The highest BCUT2D eigenvalue weighted by atomic mass is 16.4. The summed E-state index contributed by atoms with van der Waals surface area (Å²) in [6.45, 7) is 4.18. The summed E-state index contributed by atoms with van der Waals surface area (Å²) >= 11 is 0. The lowest BCUT2D eigenvalue weighted by molar-refractivity contribution is 0.590. The van der Waals surface area contributed by atoms with Gasteiger partial charge in [-0.2, -0.15) is 0 Å². The summed E-state index contributed by atoms with van der Waals surface area (Å²) in [6.07, 6.45) is 1.97. The average molecular weight is 364 g/mol. The van der Waals surface area contributed by atoms with E-state index in [-0.39, 0.29) is 0 Å². The zero-order chi connectivity index (χ0) is 19.1. The van der Waals surface area contributed by atoms with Gasteiger partial charge in [0.15, 0.2) is 5.76 Å². The molecule has 0 saturated heterocycles. The number of benzene rings is 3. The second-order valence-electron chi connectivity index (χ2n) is 7.18. The van der Waals surface area contributed by atoms with Crippen molar-refractivity contribution in [3.05, 3.63) is 90.1 Å². The first kappa shape index (κ1) is 16.6. The van der Waals surface area contributed by atoms with Gasteiger partial charge in [-0.05, 0) is 32.0 Å². The fourth-order valence-electron chi connectivity index (χ4n) is 3.65. The fourth-order valence-corrected chi connectivity index (χ4v) is 3.65. The molecule has 3 heteroatoms. The van der Waals surface area contributed by atoms with Crippen molar-refractivity contribution in [3.8, 4) is 34.0 Å². The van der Waals surface area contributed by atoms with E-state index in [2.05, 4.69) is 79.5 Å². The topological polar surface area (TPSA) is 41.8 Å². The number of nitrogens with zero attached hydrogens (tertiary/aromatic N) is 1. The number of para-hydroxylation sites is 1. The molecule has 5 aromatic rings. The van der Waals surface area contributed by atoms with Crippen molar-refractivity contribution in [2.75, 3.05) is 0 Å². The maximum Gasteiger partial charge on any atom is 0.229 e. The van der Waals surface area contributed by atoms with Crippen molar-refractivity contribution < 1.29 is 4.42 Å². The second-order valence-corrected chi connectivity index (χ2v) is 7.18. The number of oxazole rings is 1. The van der Waals surface area contributed by atoms with Crippen LogP contribution in [0, 0.1) is 13.8 Å². The van der Waals surface area contributed by atoms with Crippen LogP contribution in [0.15, 0.2) is 83.4 Å². The van der Waals surface area contributed by atoms with E-state index < -0.39 is 0 Å². The molecule has 2 heterocycles. The van der Waals surface area contributed by atoms with Crippen molar-refractivity contribution in [2.45, 2.75) is 13.8 Å². The molecule has 0 radical (unpaired) electrons. The fraction of sp³-hybridized carbons (Fsp3) is 0.0800. The highest BCUT2D eigenvalue weighted by Crippen LogP contribution is 2.38. The number of H-pyrrole nitrogens is 1. The molecule has 5 rings (SSSR count). The molecule has 0 saturated carbocycles. The van der Waals surface area contributed by atoms with Crippen LogP contribution >= 0.6 is 0 Å².